The summed E-state index contributed by atoms with van der Waals surface area (Å²) in [6.07, 6.45) is 5.58. The third-order valence-electron chi connectivity index (χ3n) is 4.15. The van der Waals surface area contributed by atoms with Crippen LogP contribution in [0.3, 0.4) is 0 Å². The Labute approximate surface area is 120 Å². The number of nitrogens with zero attached hydrogens (tertiary/aromatic N) is 2. The molecule has 0 aliphatic heterocycles. The first kappa shape index (κ1) is 14.8. The molecule has 0 bridgehead atoms. The quantitative estimate of drug-likeness (QED) is 0.873. The summed E-state index contributed by atoms with van der Waals surface area (Å²) in [5, 5.41) is 8.58. The highest BCUT2D eigenvalue weighted by atomic mass is 35.5. The van der Waals surface area contributed by atoms with Gasteiger partial charge in [-0.25, -0.2) is 0 Å². The Morgan fingerprint density at radius 3 is 2.95 bits per heavy atom. The molecule has 1 N–H and O–H groups in total. The second kappa shape index (κ2) is 6.73. The average molecular weight is 286 g/mol. The highest BCUT2D eigenvalue weighted by Crippen LogP contribution is 2.40. The topological polar surface area (TPSA) is 39.1 Å². The number of ether oxygens (including phenoxy) is 1. The van der Waals surface area contributed by atoms with Crippen LogP contribution in [0.4, 0.5) is 0 Å². The van der Waals surface area contributed by atoms with Gasteiger partial charge in [-0.1, -0.05) is 24.9 Å². The van der Waals surface area contributed by atoms with E-state index in [1.165, 1.54) is 19.3 Å². The van der Waals surface area contributed by atoms with Crippen molar-refractivity contribution in [1.82, 2.24) is 15.1 Å². The smallest absolute Gasteiger partial charge is 0.0834 e. The lowest BCUT2D eigenvalue weighted by molar-refractivity contribution is 0.180. The summed E-state index contributed by atoms with van der Waals surface area (Å²) in [7, 11) is 3.72. The van der Waals surface area contributed by atoms with Crippen LogP contribution in [0.5, 0.6) is 0 Å². The van der Waals surface area contributed by atoms with Crippen LogP contribution in [-0.4, -0.2) is 30.5 Å². The van der Waals surface area contributed by atoms with Gasteiger partial charge in [0.15, 0.2) is 0 Å². The molecule has 0 spiro atoms. The Kier molecular flexibility index (Phi) is 5.25. The van der Waals surface area contributed by atoms with Crippen molar-refractivity contribution in [2.45, 2.75) is 38.8 Å². The minimum atomic E-state index is 0.289. The molecule has 1 fully saturated rings. The van der Waals surface area contributed by atoms with E-state index in [2.05, 4.69) is 17.3 Å². The van der Waals surface area contributed by atoms with E-state index in [1.54, 1.807) is 13.3 Å². The van der Waals surface area contributed by atoms with Crippen molar-refractivity contribution in [3.8, 4) is 0 Å². The fraction of sp³-hybridized carbons (Fsp3) is 0.786. The molecular weight excluding hydrogens is 262 g/mol. The van der Waals surface area contributed by atoms with Crippen LogP contribution in [0.15, 0.2) is 6.20 Å². The van der Waals surface area contributed by atoms with E-state index >= 15 is 0 Å². The molecule has 1 saturated carbocycles. The second-order valence-corrected chi connectivity index (χ2v) is 5.95. The first-order valence-electron chi connectivity index (χ1n) is 7.04. The number of methoxy groups -OCH3 is 1. The van der Waals surface area contributed by atoms with Gasteiger partial charge in [-0.2, -0.15) is 5.10 Å². The number of halogens is 1. The maximum absolute atomic E-state index is 6.35. The van der Waals surface area contributed by atoms with Crippen molar-refractivity contribution in [2.24, 2.45) is 11.8 Å². The minimum Gasteiger partial charge on any atom is -0.383 e. The molecule has 0 amide bonds. The van der Waals surface area contributed by atoms with E-state index in [4.69, 9.17) is 16.3 Å². The summed E-state index contributed by atoms with van der Waals surface area (Å²) in [4.78, 5) is 0. The van der Waals surface area contributed by atoms with Crippen molar-refractivity contribution in [1.29, 1.82) is 0 Å². The van der Waals surface area contributed by atoms with Crippen LogP contribution in [0.25, 0.3) is 0 Å². The highest BCUT2D eigenvalue weighted by molar-refractivity contribution is 6.31. The van der Waals surface area contributed by atoms with Gasteiger partial charge >= 0.3 is 0 Å². The summed E-state index contributed by atoms with van der Waals surface area (Å²) < 4.78 is 7.12. The van der Waals surface area contributed by atoms with Crippen molar-refractivity contribution < 1.29 is 4.74 Å². The zero-order chi connectivity index (χ0) is 13.8. The Morgan fingerprint density at radius 1 is 1.58 bits per heavy atom. The molecule has 2 rings (SSSR count). The largest absolute Gasteiger partial charge is 0.383 e. The van der Waals surface area contributed by atoms with E-state index in [0.29, 0.717) is 12.5 Å². The fourth-order valence-electron chi connectivity index (χ4n) is 3.19. The van der Waals surface area contributed by atoms with E-state index in [1.807, 2.05) is 11.7 Å². The van der Waals surface area contributed by atoms with E-state index < -0.39 is 0 Å². The number of hydrogen-bond donors (Lipinski definition) is 1. The van der Waals surface area contributed by atoms with Gasteiger partial charge in [0.1, 0.15) is 0 Å². The molecule has 5 heteroatoms. The van der Waals surface area contributed by atoms with Gasteiger partial charge in [0.25, 0.3) is 0 Å². The molecule has 0 saturated heterocycles. The van der Waals surface area contributed by atoms with Gasteiger partial charge in [0, 0.05) is 7.11 Å². The molecule has 0 aromatic carbocycles. The Morgan fingerprint density at radius 2 is 2.37 bits per heavy atom. The van der Waals surface area contributed by atoms with Gasteiger partial charge < -0.3 is 10.1 Å². The van der Waals surface area contributed by atoms with Crippen molar-refractivity contribution in [3.63, 3.8) is 0 Å². The van der Waals surface area contributed by atoms with Crippen molar-refractivity contribution >= 4 is 11.6 Å². The van der Waals surface area contributed by atoms with E-state index in [-0.39, 0.29) is 6.04 Å². The lowest BCUT2D eigenvalue weighted by atomic mass is 9.94. The molecule has 0 radical (unpaired) electrons. The summed E-state index contributed by atoms with van der Waals surface area (Å²) >= 11 is 6.35. The molecule has 19 heavy (non-hydrogen) atoms. The van der Waals surface area contributed by atoms with Gasteiger partial charge in [-0.3, -0.25) is 4.68 Å². The first-order chi connectivity index (χ1) is 9.17. The maximum atomic E-state index is 6.35. The zero-order valence-corrected chi connectivity index (χ0v) is 12.8. The van der Waals surface area contributed by atoms with Crippen molar-refractivity contribution in [2.75, 3.05) is 20.8 Å². The lowest BCUT2D eigenvalue weighted by Gasteiger charge is -2.24. The number of hydrogen-bond acceptors (Lipinski definition) is 3. The SMILES string of the molecule is CNC(c1c(Cl)cnn1CCOC)C1CCC(C)C1. The molecule has 108 valence electrons. The number of nitrogens with one attached hydrogen (secondary N) is 1. The predicted octanol–water partition coefficient (Wildman–Crippen LogP) is 2.88. The monoisotopic (exact) mass is 285 g/mol. The predicted molar refractivity (Wildman–Crippen MR) is 77.4 cm³/mol. The third kappa shape index (κ3) is 3.30. The molecule has 3 unspecified atom stereocenters. The van der Waals surface area contributed by atoms with Gasteiger partial charge in [-0.15, -0.1) is 0 Å². The molecule has 1 aromatic heterocycles. The van der Waals surface area contributed by atoms with Crippen LogP contribution in [-0.2, 0) is 11.3 Å². The highest BCUT2D eigenvalue weighted by Gasteiger charge is 2.32. The Bertz CT molecular complexity index is 407. The number of rotatable bonds is 6. The molecule has 1 aromatic rings. The second-order valence-electron chi connectivity index (χ2n) is 5.54. The Hall–Kier alpha value is -0.580. The standard InChI is InChI=1S/C14H24ClN3O/c1-10-4-5-11(8-10)13(16-2)14-12(15)9-17-18(14)6-7-19-3/h9-11,13,16H,4-8H2,1-3H3. The average Bonchev–Trinajstić information content (AvgIpc) is 2.97. The molecule has 4 nitrogen and oxygen atoms in total. The summed E-state index contributed by atoms with van der Waals surface area (Å²) in [5.41, 5.74) is 1.11. The van der Waals surface area contributed by atoms with Gasteiger partial charge in [0.05, 0.1) is 36.1 Å². The van der Waals surface area contributed by atoms with Crippen LogP contribution in [0.2, 0.25) is 5.02 Å². The van der Waals surface area contributed by atoms with Crippen LogP contribution in [0, 0.1) is 11.8 Å². The van der Waals surface area contributed by atoms with Crippen molar-refractivity contribution in [3.05, 3.63) is 16.9 Å². The van der Waals surface area contributed by atoms with E-state index in [0.717, 1.165) is 23.2 Å². The van der Waals surface area contributed by atoms with E-state index in [9.17, 15) is 0 Å². The molecule has 1 aliphatic carbocycles. The zero-order valence-electron chi connectivity index (χ0n) is 12.0. The third-order valence-corrected chi connectivity index (χ3v) is 4.44. The van der Waals surface area contributed by atoms with Crippen LogP contribution < -0.4 is 5.32 Å². The minimum absolute atomic E-state index is 0.289. The summed E-state index contributed by atoms with van der Waals surface area (Å²) in [6.45, 7) is 3.73. The lowest BCUT2D eigenvalue weighted by Crippen LogP contribution is -2.27. The number of aromatic nitrogens is 2. The van der Waals surface area contributed by atoms with Crippen LogP contribution >= 0.6 is 11.6 Å². The molecular formula is C14H24ClN3O. The fourth-order valence-corrected chi connectivity index (χ4v) is 3.45. The molecule has 1 heterocycles. The van der Waals surface area contributed by atoms with Gasteiger partial charge in [0.2, 0.25) is 0 Å². The molecule has 3 atom stereocenters. The maximum Gasteiger partial charge on any atom is 0.0834 e. The normalized spacial score (nSPS) is 24.8. The van der Waals surface area contributed by atoms with Crippen LogP contribution in [0.1, 0.15) is 37.9 Å². The first-order valence-corrected chi connectivity index (χ1v) is 7.42. The van der Waals surface area contributed by atoms with Gasteiger partial charge in [-0.05, 0) is 31.7 Å². The summed E-state index contributed by atoms with van der Waals surface area (Å²) in [6, 6.07) is 0.289. The summed E-state index contributed by atoms with van der Waals surface area (Å²) in [5.74, 6) is 1.46. The Balaban J connectivity index is 2.19. The molecule has 1 aliphatic rings.